The van der Waals surface area contributed by atoms with Crippen molar-refractivity contribution in [1.29, 1.82) is 0 Å². The van der Waals surface area contributed by atoms with E-state index in [1.807, 2.05) is 0 Å². The van der Waals surface area contributed by atoms with E-state index < -0.39 is 17.5 Å². The molecule has 0 amide bonds. The van der Waals surface area contributed by atoms with Crippen LogP contribution in [0.2, 0.25) is 5.15 Å². The zero-order chi connectivity index (χ0) is 13.3. The first-order valence-electron chi connectivity index (χ1n) is 4.65. The van der Waals surface area contributed by atoms with Gasteiger partial charge in [0.25, 0.3) is 0 Å². The first kappa shape index (κ1) is 14.0. The molecule has 0 saturated carbocycles. The average molecular weight is 270 g/mol. The smallest absolute Gasteiger partial charge is 0.394 e. The molecule has 8 heteroatoms. The van der Waals surface area contributed by atoms with E-state index >= 15 is 0 Å². The predicted molar refractivity (Wildman–Crippen MR) is 56.8 cm³/mol. The lowest BCUT2D eigenvalue weighted by Gasteiger charge is -2.24. The van der Waals surface area contributed by atoms with Crippen molar-refractivity contribution in [2.75, 3.05) is 11.9 Å². The third-order valence-corrected chi connectivity index (χ3v) is 2.00. The van der Waals surface area contributed by atoms with Crippen molar-refractivity contribution in [2.45, 2.75) is 25.6 Å². The molecule has 1 aromatic rings. The average Bonchev–Trinajstić information content (AvgIpc) is 2.14. The molecule has 0 unspecified atom stereocenters. The first-order valence-corrected chi connectivity index (χ1v) is 5.03. The number of hydrogen-bond donors (Lipinski definition) is 2. The van der Waals surface area contributed by atoms with Crippen LogP contribution in [0.3, 0.4) is 0 Å². The number of halogens is 4. The summed E-state index contributed by atoms with van der Waals surface area (Å²) >= 11 is 5.47. The standard InChI is InChI=1S/C9H11ClF3N3O/c1-8(2,4-17)16-6-3-5(10)14-7(15-6)9(11,12)13/h3,17H,4H2,1-2H3,(H,14,15,16). The van der Waals surface area contributed by atoms with Gasteiger partial charge in [-0.05, 0) is 13.8 Å². The number of aliphatic hydroxyl groups is 1. The van der Waals surface area contributed by atoms with Crippen molar-refractivity contribution in [2.24, 2.45) is 0 Å². The third kappa shape index (κ3) is 4.01. The summed E-state index contributed by atoms with van der Waals surface area (Å²) < 4.78 is 37.2. The largest absolute Gasteiger partial charge is 0.451 e. The van der Waals surface area contributed by atoms with Crippen LogP contribution >= 0.6 is 11.6 Å². The molecule has 1 aromatic heterocycles. The van der Waals surface area contributed by atoms with Gasteiger partial charge in [-0.15, -0.1) is 0 Å². The summed E-state index contributed by atoms with van der Waals surface area (Å²) in [5.74, 6) is -1.40. The lowest BCUT2D eigenvalue weighted by atomic mass is 10.1. The van der Waals surface area contributed by atoms with E-state index in [2.05, 4.69) is 15.3 Å². The van der Waals surface area contributed by atoms with Gasteiger partial charge in [0, 0.05) is 6.07 Å². The first-order chi connectivity index (χ1) is 7.64. The van der Waals surface area contributed by atoms with Crippen molar-refractivity contribution in [1.82, 2.24) is 9.97 Å². The molecule has 0 spiro atoms. The molecule has 0 bridgehead atoms. The van der Waals surface area contributed by atoms with Gasteiger partial charge >= 0.3 is 6.18 Å². The van der Waals surface area contributed by atoms with Gasteiger partial charge in [0.2, 0.25) is 5.82 Å². The molecule has 2 N–H and O–H groups in total. The molecule has 1 rings (SSSR count). The number of nitrogens with one attached hydrogen (secondary N) is 1. The number of nitrogens with zero attached hydrogens (tertiary/aromatic N) is 2. The van der Waals surface area contributed by atoms with Crippen LogP contribution in [0.4, 0.5) is 19.0 Å². The van der Waals surface area contributed by atoms with Crippen molar-refractivity contribution >= 4 is 17.4 Å². The summed E-state index contributed by atoms with van der Waals surface area (Å²) in [5.41, 5.74) is -0.805. The molecule has 0 fully saturated rings. The molecule has 4 nitrogen and oxygen atoms in total. The number of alkyl halides is 3. The summed E-state index contributed by atoms with van der Waals surface area (Å²) in [5, 5.41) is 11.3. The Hall–Kier alpha value is -1.08. The highest BCUT2D eigenvalue weighted by molar-refractivity contribution is 6.29. The van der Waals surface area contributed by atoms with Gasteiger partial charge in [0.05, 0.1) is 12.1 Å². The van der Waals surface area contributed by atoms with E-state index in [0.717, 1.165) is 6.07 Å². The maximum absolute atomic E-state index is 12.4. The highest BCUT2D eigenvalue weighted by atomic mass is 35.5. The number of aromatic nitrogens is 2. The second-order valence-electron chi connectivity index (χ2n) is 4.06. The SMILES string of the molecule is CC(C)(CO)Nc1cc(Cl)nc(C(F)(F)F)n1. The Morgan fingerprint density at radius 3 is 2.41 bits per heavy atom. The van der Waals surface area contributed by atoms with Gasteiger partial charge in [-0.3, -0.25) is 0 Å². The van der Waals surface area contributed by atoms with E-state index in [4.69, 9.17) is 16.7 Å². The van der Waals surface area contributed by atoms with Crippen LogP contribution in [-0.2, 0) is 6.18 Å². The fraction of sp³-hybridized carbons (Fsp3) is 0.556. The molecule has 0 aliphatic heterocycles. The summed E-state index contributed by atoms with van der Waals surface area (Å²) in [7, 11) is 0. The van der Waals surface area contributed by atoms with Crippen LogP contribution in [0.5, 0.6) is 0 Å². The Labute approximate surface area is 101 Å². The number of aliphatic hydroxyl groups excluding tert-OH is 1. The molecule has 0 saturated heterocycles. The topological polar surface area (TPSA) is 58.0 Å². The number of rotatable bonds is 3. The monoisotopic (exact) mass is 269 g/mol. The molecule has 0 radical (unpaired) electrons. The Kier molecular flexibility index (Phi) is 3.83. The van der Waals surface area contributed by atoms with Crippen LogP contribution in [0.1, 0.15) is 19.7 Å². The van der Waals surface area contributed by atoms with Crippen molar-refractivity contribution in [3.8, 4) is 0 Å². The van der Waals surface area contributed by atoms with E-state index in [1.54, 1.807) is 13.8 Å². The van der Waals surface area contributed by atoms with Gasteiger partial charge in [-0.2, -0.15) is 13.2 Å². The van der Waals surface area contributed by atoms with Crippen LogP contribution in [0, 0.1) is 0 Å². The fourth-order valence-corrected chi connectivity index (χ4v) is 1.18. The van der Waals surface area contributed by atoms with Crippen LogP contribution in [0.25, 0.3) is 0 Å². The minimum atomic E-state index is -4.66. The maximum atomic E-state index is 12.4. The van der Waals surface area contributed by atoms with Gasteiger partial charge in [-0.25, -0.2) is 9.97 Å². The normalized spacial score (nSPS) is 12.6. The zero-order valence-electron chi connectivity index (χ0n) is 9.14. The molecule has 17 heavy (non-hydrogen) atoms. The highest BCUT2D eigenvalue weighted by Gasteiger charge is 2.35. The molecule has 0 aromatic carbocycles. The Morgan fingerprint density at radius 2 is 1.94 bits per heavy atom. The van der Waals surface area contributed by atoms with Crippen LogP contribution in [0.15, 0.2) is 6.07 Å². The minimum absolute atomic E-state index is 0.0867. The maximum Gasteiger partial charge on any atom is 0.451 e. The van der Waals surface area contributed by atoms with E-state index in [1.165, 1.54) is 0 Å². The second-order valence-corrected chi connectivity index (χ2v) is 4.45. The minimum Gasteiger partial charge on any atom is -0.394 e. The molecule has 96 valence electrons. The predicted octanol–water partition coefficient (Wildman–Crippen LogP) is 2.33. The van der Waals surface area contributed by atoms with Crippen LogP contribution < -0.4 is 5.32 Å². The summed E-state index contributed by atoms with van der Waals surface area (Å²) in [6.45, 7) is 2.95. The van der Waals surface area contributed by atoms with Crippen molar-refractivity contribution < 1.29 is 18.3 Å². The molecule has 0 aliphatic carbocycles. The molecule has 0 atom stereocenters. The number of anilines is 1. The van der Waals surface area contributed by atoms with Crippen molar-refractivity contribution in [3.05, 3.63) is 17.0 Å². The fourth-order valence-electron chi connectivity index (χ4n) is 0.995. The van der Waals surface area contributed by atoms with E-state index in [0.29, 0.717) is 0 Å². The molecular formula is C9H11ClF3N3O. The Morgan fingerprint density at radius 1 is 1.35 bits per heavy atom. The lowest BCUT2D eigenvalue weighted by Crippen LogP contribution is -2.35. The summed E-state index contributed by atoms with van der Waals surface area (Å²) in [6.07, 6.45) is -4.66. The van der Waals surface area contributed by atoms with E-state index in [-0.39, 0.29) is 17.6 Å². The third-order valence-electron chi connectivity index (χ3n) is 1.81. The van der Waals surface area contributed by atoms with Gasteiger partial charge in [-0.1, -0.05) is 11.6 Å². The summed E-state index contributed by atoms with van der Waals surface area (Å²) in [6, 6.07) is 1.16. The molecular weight excluding hydrogens is 259 g/mol. The summed E-state index contributed by atoms with van der Waals surface area (Å²) in [4.78, 5) is 6.38. The highest BCUT2D eigenvalue weighted by Crippen LogP contribution is 2.28. The second kappa shape index (κ2) is 4.66. The lowest BCUT2D eigenvalue weighted by molar-refractivity contribution is -0.144. The quantitative estimate of drug-likeness (QED) is 0.827. The molecule has 1 heterocycles. The zero-order valence-corrected chi connectivity index (χ0v) is 9.89. The van der Waals surface area contributed by atoms with E-state index in [9.17, 15) is 13.2 Å². The Bertz CT molecular complexity index is 409. The molecule has 0 aliphatic rings. The van der Waals surface area contributed by atoms with Gasteiger partial charge in [0.1, 0.15) is 11.0 Å². The van der Waals surface area contributed by atoms with Gasteiger partial charge in [0.15, 0.2) is 0 Å². The van der Waals surface area contributed by atoms with Crippen LogP contribution in [-0.4, -0.2) is 27.2 Å². The van der Waals surface area contributed by atoms with Crippen molar-refractivity contribution in [3.63, 3.8) is 0 Å². The van der Waals surface area contributed by atoms with Gasteiger partial charge < -0.3 is 10.4 Å². The Balaban J connectivity index is 3.06. The number of hydrogen-bond acceptors (Lipinski definition) is 4.